The molecule has 1 aromatic heterocycles. The van der Waals surface area contributed by atoms with E-state index in [0.717, 1.165) is 33.3 Å². The van der Waals surface area contributed by atoms with Gasteiger partial charge in [-0.25, -0.2) is 5.43 Å². The lowest BCUT2D eigenvalue weighted by Gasteiger charge is -2.11. The fraction of sp³-hybridized carbons (Fsp3) is 0.333. The van der Waals surface area contributed by atoms with Crippen molar-refractivity contribution in [1.29, 1.82) is 0 Å². The number of thioether (sulfide) groups is 1. The summed E-state index contributed by atoms with van der Waals surface area (Å²) in [4.78, 5) is 12.1. The molecule has 1 amide bonds. The third-order valence-corrected chi connectivity index (χ3v) is 6.71. The first-order chi connectivity index (χ1) is 16.2. The number of aromatic nitrogens is 2. The SMILES string of the molecule is CCCCCCOc1ccc(C=NNC(=O)CSc2nnc(-c3ccccc3)s2)cc1OC. The van der Waals surface area contributed by atoms with E-state index in [1.807, 2.05) is 48.5 Å². The van der Waals surface area contributed by atoms with Gasteiger partial charge in [0.15, 0.2) is 15.8 Å². The molecule has 1 N–H and O–H groups in total. The van der Waals surface area contributed by atoms with Crippen molar-refractivity contribution in [3.8, 4) is 22.1 Å². The van der Waals surface area contributed by atoms with Crippen LogP contribution in [0, 0.1) is 0 Å². The van der Waals surface area contributed by atoms with Gasteiger partial charge in [-0.1, -0.05) is 79.6 Å². The molecule has 2 aromatic carbocycles. The van der Waals surface area contributed by atoms with Crippen LogP contribution in [-0.4, -0.2) is 41.8 Å². The highest BCUT2D eigenvalue weighted by Crippen LogP contribution is 2.29. The quantitative estimate of drug-likeness (QED) is 0.151. The van der Waals surface area contributed by atoms with Gasteiger partial charge in [-0.3, -0.25) is 4.79 Å². The monoisotopic (exact) mass is 484 g/mol. The first kappa shape index (κ1) is 24.7. The Kier molecular flexibility index (Phi) is 10.2. The Labute approximate surface area is 202 Å². The van der Waals surface area contributed by atoms with Crippen LogP contribution in [0.15, 0.2) is 58.0 Å². The number of carbonyl (C=O) groups excluding carboxylic acids is 1. The van der Waals surface area contributed by atoms with E-state index in [2.05, 4.69) is 27.6 Å². The van der Waals surface area contributed by atoms with Crippen molar-refractivity contribution in [2.75, 3.05) is 19.5 Å². The van der Waals surface area contributed by atoms with Gasteiger partial charge in [0.1, 0.15) is 5.01 Å². The summed E-state index contributed by atoms with van der Waals surface area (Å²) < 4.78 is 12.0. The average Bonchev–Trinajstić information content (AvgIpc) is 3.33. The molecule has 0 radical (unpaired) electrons. The van der Waals surface area contributed by atoms with E-state index in [1.54, 1.807) is 13.3 Å². The van der Waals surface area contributed by atoms with E-state index < -0.39 is 0 Å². The molecule has 0 atom stereocenters. The van der Waals surface area contributed by atoms with Crippen molar-refractivity contribution in [2.45, 2.75) is 36.9 Å². The summed E-state index contributed by atoms with van der Waals surface area (Å²) in [7, 11) is 1.61. The van der Waals surface area contributed by atoms with E-state index in [0.29, 0.717) is 18.1 Å². The van der Waals surface area contributed by atoms with Gasteiger partial charge in [0.2, 0.25) is 0 Å². The Morgan fingerprint density at radius 2 is 1.97 bits per heavy atom. The van der Waals surface area contributed by atoms with Crippen molar-refractivity contribution < 1.29 is 14.3 Å². The highest BCUT2D eigenvalue weighted by molar-refractivity contribution is 8.01. The van der Waals surface area contributed by atoms with Crippen molar-refractivity contribution in [3.63, 3.8) is 0 Å². The van der Waals surface area contributed by atoms with E-state index in [-0.39, 0.29) is 11.7 Å². The minimum atomic E-state index is -0.216. The number of nitrogens with one attached hydrogen (secondary N) is 1. The van der Waals surface area contributed by atoms with Crippen LogP contribution in [0.25, 0.3) is 10.6 Å². The van der Waals surface area contributed by atoms with Gasteiger partial charge >= 0.3 is 0 Å². The molecule has 0 unspecified atom stereocenters. The van der Waals surface area contributed by atoms with Gasteiger partial charge in [0.05, 0.1) is 25.7 Å². The highest BCUT2D eigenvalue weighted by atomic mass is 32.2. The summed E-state index contributed by atoms with van der Waals surface area (Å²) >= 11 is 2.79. The second-order valence-corrected chi connectivity index (χ2v) is 9.34. The molecule has 0 fully saturated rings. The van der Waals surface area contributed by atoms with E-state index in [1.165, 1.54) is 35.9 Å². The molecule has 0 spiro atoms. The molecule has 0 saturated heterocycles. The van der Waals surface area contributed by atoms with Crippen LogP contribution >= 0.6 is 23.1 Å². The predicted molar refractivity (Wildman–Crippen MR) is 134 cm³/mol. The largest absolute Gasteiger partial charge is 0.493 e. The minimum Gasteiger partial charge on any atom is -0.493 e. The molecule has 9 heteroatoms. The van der Waals surface area contributed by atoms with Crippen LogP contribution in [-0.2, 0) is 4.79 Å². The Morgan fingerprint density at radius 3 is 2.76 bits per heavy atom. The number of nitrogens with zero attached hydrogens (tertiary/aromatic N) is 3. The maximum atomic E-state index is 12.1. The number of benzene rings is 2. The fourth-order valence-corrected chi connectivity index (χ4v) is 4.55. The minimum absolute atomic E-state index is 0.203. The molecule has 7 nitrogen and oxygen atoms in total. The second kappa shape index (κ2) is 13.6. The van der Waals surface area contributed by atoms with Crippen LogP contribution in [0.2, 0.25) is 0 Å². The molecular formula is C24H28N4O3S2. The molecule has 0 aliphatic carbocycles. The maximum Gasteiger partial charge on any atom is 0.250 e. The fourth-order valence-electron chi connectivity index (χ4n) is 2.90. The van der Waals surface area contributed by atoms with Crippen molar-refractivity contribution in [3.05, 3.63) is 54.1 Å². The predicted octanol–water partition coefficient (Wildman–Crippen LogP) is 5.42. The number of rotatable bonds is 13. The lowest BCUT2D eigenvalue weighted by Crippen LogP contribution is -2.19. The Morgan fingerprint density at radius 1 is 1.12 bits per heavy atom. The highest BCUT2D eigenvalue weighted by Gasteiger charge is 2.09. The van der Waals surface area contributed by atoms with E-state index >= 15 is 0 Å². The summed E-state index contributed by atoms with van der Waals surface area (Å²) in [6.07, 6.45) is 6.18. The van der Waals surface area contributed by atoms with Crippen molar-refractivity contribution >= 4 is 35.2 Å². The summed E-state index contributed by atoms with van der Waals surface area (Å²) in [5.74, 6) is 1.33. The number of ether oxygens (including phenoxy) is 2. The van der Waals surface area contributed by atoms with Gasteiger partial charge in [-0.05, 0) is 30.2 Å². The Hall–Kier alpha value is -2.91. The van der Waals surface area contributed by atoms with Crippen LogP contribution in [0.3, 0.4) is 0 Å². The molecule has 0 aliphatic heterocycles. The van der Waals surface area contributed by atoms with Gasteiger partial charge in [-0.2, -0.15) is 5.10 Å². The number of hydrogen-bond donors (Lipinski definition) is 1. The second-order valence-electron chi connectivity index (χ2n) is 7.14. The number of hydrogen-bond acceptors (Lipinski definition) is 8. The van der Waals surface area contributed by atoms with Gasteiger partial charge in [0, 0.05) is 5.56 Å². The number of hydrazone groups is 1. The third kappa shape index (κ3) is 8.18. The molecule has 1 heterocycles. The van der Waals surface area contributed by atoms with Crippen molar-refractivity contribution in [2.24, 2.45) is 5.10 Å². The smallest absolute Gasteiger partial charge is 0.250 e. The first-order valence-electron chi connectivity index (χ1n) is 10.8. The zero-order valence-electron chi connectivity index (χ0n) is 18.8. The Balaban J connectivity index is 1.44. The first-order valence-corrected chi connectivity index (χ1v) is 12.6. The lowest BCUT2D eigenvalue weighted by atomic mass is 10.2. The number of amides is 1. The zero-order chi connectivity index (χ0) is 23.3. The van der Waals surface area contributed by atoms with Crippen LogP contribution < -0.4 is 14.9 Å². The molecular weight excluding hydrogens is 456 g/mol. The standard InChI is InChI=1S/C24H28N4O3S2/c1-3-4-5-9-14-31-20-13-12-18(15-21(20)30-2)16-25-26-22(29)17-32-24-28-27-23(33-24)19-10-7-6-8-11-19/h6-8,10-13,15-16H,3-5,9,14,17H2,1-2H3,(H,26,29). The van der Waals surface area contributed by atoms with Gasteiger partial charge < -0.3 is 9.47 Å². The van der Waals surface area contributed by atoms with Crippen LogP contribution in [0.4, 0.5) is 0 Å². The van der Waals surface area contributed by atoms with Crippen molar-refractivity contribution in [1.82, 2.24) is 15.6 Å². The maximum absolute atomic E-state index is 12.1. The number of unbranched alkanes of at least 4 members (excludes halogenated alkanes) is 3. The topological polar surface area (TPSA) is 85.7 Å². The normalized spacial score (nSPS) is 11.0. The molecule has 174 valence electrons. The zero-order valence-corrected chi connectivity index (χ0v) is 20.5. The van der Waals surface area contributed by atoms with E-state index in [9.17, 15) is 4.79 Å². The molecule has 33 heavy (non-hydrogen) atoms. The summed E-state index contributed by atoms with van der Waals surface area (Å²) in [6, 6.07) is 15.4. The van der Waals surface area contributed by atoms with Gasteiger partial charge in [0.25, 0.3) is 5.91 Å². The van der Waals surface area contributed by atoms with Crippen LogP contribution in [0.1, 0.15) is 38.2 Å². The third-order valence-electron chi connectivity index (χ3n) is 4.60. The molecule has 0 aliphatic rings. The van der Waals surface area contributed by atoms with Gasteiger partial charge in [-0.15, -0.1) is 10.2 Å². The van der Waals surface area contributed by atoms with E-state index in [4.69, 9.17) is 9.47 Å². The lowest BCUT2D eigenvalue weighted by molar-refractivity contribution is -0.118. The Bertz CT molecular complexity index is 1040. The molecule has 3 aromatic rings. The average molecular weight is 485 g/mol. The number of carbonyl (C=O) groups is 1. The number of methoxy groups -OCH3 is 1. The van der Waals surface area contributed by atoms with Crippen LogP contribution in [0.5, 0.6) is 11.5 Å². The molecule has 3 rings (SSSR count). The summed E-state index contributed by atoms with van der Waals surface area (Å²) in [6.45, 7) is 2.85. The summed E-state index contributed by atoms with van der Waals surface area (Å²) in [5, 5.41) is 13.2. The molecule has 0 bridgehead atoms. The molecule has 0 saturated carbocycles. The summed E-state index contributed by atoms with van der Waals surface area (Å²) in [5.41, 5.74) is 4.35.